The van der Waals surface area contributed by atoms with Gasteiger partial charge in [0.05, 0.1) is 5.69 Å². The lowest BCUT2D eigenvalue weighted by molar-refractivity contribution is -0.136. The van der Waals surface area contributed by atoms with Gasteiger partial charge in [0, 0.05) is 24.8 Å². The lowest BCUT2D eigenvalue weighted by Crippen LogP contribution is -2.56. The first-order valence-electron chi connectivity index (χ1n) is 6.68. The number of nitrogens with zero attached hydrogens (tertiary/aromatic N) is 1. The van der Waals surface area contributed by atoms with Crippen molar-refractivity contribution in [3.8, 4) is 5.75 Å². The first kappa shape index (κ1) is 13.7. The quantitative estimate of drug-likeness (QED) is 0.807. The minimum Gasteiger partial charge on any atom is -0.475 e. The molecule has 0 saturated carbocycles. The summed E-state index contributed by atoms with van der Waals surface area (Å²) in [5.74, 6) is 0.650. The molecule has 4 N–H and O–H groups in total. The van der Waals surface area contributed by atoms with Gasteiger partial charge in [-0.1, -0.05) is 13.8 Å². The molecule has 0 saturated heterocycles. The summed E-state index contributed by atoms with van der Waals surface area (Å²) >= 11 is 0. The first-order chi connectivity index (χ1) is 9.07. The van der Waals surface area contributed by atoms with Gasteiger partial charge in [0.2, 0.25) is 0 Å². The van der Waals surface area contributed by atoms with E-state index in [4.69, 9.17) is 16.2 Å². The molecule has 0 bridgehead atoms. The molecule has 5 heteroatoms. The van der Waals surface area contributed by atoms with Gasteiger partial charge in [0.25, 0.3) is 5.91 Å². The number of hydrogen-bond acceptors (Lipinski definition) is 4. The van der Waals surface area contributed by atoms with Crippen molar-refractivity contribution in [2.24, 2.45) is 5.73 Å². The van der Waals surface area contributed by atoms with Crippen LogP contribution in [0.1, 0.15) is 26.7 Å². The second-order valence-corrected chi connectivity index (χ2v) is 4.78. The zero-order chi connectivity index (χ0) is 14.0. The van der Waals surface area contributed by atoms with Crippen LogP contribution in [0.4, 0.5) is 11.4 Å². The van der Waals surface area contributed by atoms with Crippen LogP contribution in [0.3, 0.4) is 0 Å². The summed E-state index contributed by atoms with van der Waals surface area (Å²) in [5, 5.41) is 0. The SMILES string of the molecule is CCC1(CC)Oc2cc(N)ccc2N(CCN)C1=O. The molecule has 2 rings (SSSR count). The predicted molar refractivity (Wildman–Crippen MR) is 76.2 cm³/mol. The van der Waals surface area contributed by atoms with Gasteiger partial charge in [0.1, 0.15) is 5.75 Å². The molecule has 1 aliphatic heterocycles. The van der Waals surface area contributed by atoms with Gasteiger partial charge < -0.3 is 21.1 Å². The lowest BCUT2D eigenvalue weighted by atomic mass is 9.92. The number of carbonyl (C=O) groups is 1. The van der Waals surface area contributed by atoms with Gasteiger partial charge in [-0.25, -0.2) is 0 Å². The van der Waals surface area contributed by atoms with Gasteiger partial charge in [-0.15, -0.1) is 0 Å². The molecule has 0 unspecified atom stereocenters. The summed E-state index contributed by atoms with van der Waals surface area (Å²) in [6.07, 6.45) is 1.25. The Bertz CT molecular complexity index is 484. The number of anilines is 2. The zero-order valence-corrected chi connectivity index (χ0v) is 11.5. The van der Waals surface area contributed by atoms with Crippen LogP contribution in [-0.2, 0) is 4.79 Å². The lowest BCUT2D eigenvalue weighted by Gasteiger charge is -2.42. The van der Waals surface area contributed by atoms with Crippen LogP contribution in [0.15, 0.2) is 18.2 Å². The molecule has 0 aliphatic carbocycles. The fourth-order valence-corrected chi connectivity index (χ4v) is 2.49. The summed E-state index contributed by atoms with van der Waals surface area (Å²) in [6, 6.07) is 5.35. The summed E-state index contributed by atoms with van der Waals surface area (Å²) in [5.41, 5.74) is 12.0. The Balaban J connectivity index is 2.52. The monoisotopic (exact) mass is 263 g/mol. The van der Waals surface area contributed by atoms with E-state index >= 15 is 0 Å². The molecule has 1 aromatic carbocycles. The van der Waals surface area contributed by atoms with E-state index in [1.54, 1.807) is 17.0 Å². The average Bonchev–Trinajstić information content (AvgIpc) is 2.42. The number of carbonyl (C=O) groups excluding carboxylic acids is 1. The molecule has 1 amide bonds. The number of benzene rings is 1. The Morgan fingerprint density at radius 1 is 1.32 bits per heavy atom. The van der Waals surface area contributed by atoms with Crippen molar-refractivity contribution in [1.82, 2.24) is 0 Å². The number of nitrogen functional groups attached to an aromatic ring is 1. The number of amides is 1. The van der Waals surface area contributed by atoms with Gasteiger partial charge in [-0.05, 0) is 25.0 Å². The van der Waals surface area contributed by atoms with Crippen LogP contribution in [0.2, 0.25) is 0 Å². The minimum atomic E-state index is -0.796. The summed E-state index contributed by atoms with van der Waals surface area (Å²) in [6.45, 7) is 4.82. The molecule has 0 radical (unpaired) electrons. The largest absolute Gasteiger partial charge is 0.475 e. The van der Waals surface area contributed by atoms with E-state index in [-0.39, 0.29) is 5.91 Å². The normalized spacial score (nSPS) is 17.0. The molecule has 1 heterocycles. The van der Waals surface area contributed by atoms with Crippen LogP contribution in [0.5, 0.6) is 5.75 Å². The Morgan fingerprint density at radius 3 is 2.58 bits per heavy atom. The molecular weight excluding hydrogens is 242 g/mol. The summed E-state index contributed by atoms with van der Waals surface area (Å²) < 4.78 is 5.98. The molecule has 5 nitrogen and oxygen atoms in total. The molecule has 0 fully saturated rings. The molecule has 0 spiro atoms. The third-order valence-electron chi connectivity index (χ3n) is 3.71. The fraction of sp³-hybridized carbons (Fsp3) is 0.500. The average molecular weight is 263 g/mol. The Labute approximate surface area is 113 Å². The van der Waals surface area contributed by atoms with Crippen LogP contribution >= 0.6 is 0 Å². The molecule has 0 aromatic heterocycles. The molecule has 104 valence electrons. The maximum atomic E-state index is 12.7. The van der Waals surface area contributed by atoms with E-state index in [1.165, 1.54) is 0 Å². The Morgan fingerprint density at radius 2 is 2.00 bits per heavy atom. The van der Waals surface area contributed by atoms with Crippen LogP contribution in [0, 0.1) is 0 Å². The highest BCUT2D eigenvalue weighted by atomic mass is 16.5. The number of ether oxygens (including phenoxy) is 1. The molecule has 1 aromatic rings. The number of hydrogen-bond donors (Lipinski definition) is 2. The number of fused-ring (bicyclic) bond motifs is 1. The van der Waals surface area contributed by atoms with E-state index in [0.717, 1.165) is 5.69 Å². The Hall–Kier alpha value is -1.75. The van der Waals surface area contributed by atoms with Gasteiger partial charge >= 0.3 is 0 Å². The minimum absolute atomic E-state index is 0.0137. The smallest absolute Gasteiger partial charge is 0.271 e. The van der Waals surface area contributed by atoms with Crippen molar-refractivity contribution in [2.45, 2.75) is 32.3 Å². The van der Waals surface area contributed by atoms with E-state index in [0.29, 0.717) is 37.4 Å². The fourth-order valence-electron chi connectivity index (χ4n) is 2.49. The highest BCUT2D eigenvalue weighted by Gasteiger charge is 2.45. The summed E-state index contributed by atoms with van der Waals surface area (Å²) in [4.78, 5) is 14.4. The van der Waals surface area contributed by atoms with Crippen molar-refractivity contribution in [2.75, 3.05) is 23.7 Å². The van der Waals surface area contributed by atoms with Gasteiger partial charge in [0.15, 0.2) is 5.60 Å². The third kappa shape index (κ3) is 2.14. The van der Waals surface area contributed by atoms with E-state index in [9.17, 15) is 4.79 Å². The highest BCUT2D eigenvalue weighted by Crippen LogP contribution is 2.41. The van der Waals surface area contributed by atoms with Crippen molar-refractivity contribution >= 4 is 17.3 Å². The topological polar surface area (TPSA) is 81.6 Å². The standard InChI is InChI=1S/C14H21N3O2/c1-3-14(4-2)13(18)17(8-7-15)11-6-5-10(16)9-12(11)19-14/h5-6,9H,3-4,7-8,15-16H2,1-2H3. The third-order valence-corrected chi connectivity index (χ3v) is 3.71. The second-order valence-electron chi connectivity index (χ2n) is 4.78. The zero-order valence-electron chi connectivity index (χ0n) is 11.5. The summed E-state index contributed by atoms with van der Waals surface area (Å²) in [7, 11) is 0. The molecular formula is C14H21N3O2. The van der Waals surface area contributed by atoms with Crippen molar-refractivity contribution < 1.29 is 9.53 Å². The van der Waals surface area contributed by atoms with Crippen LogP contribution in [-0.4, -0.2) is 24.6 Å². The first-order valence-corrected chi connectivity index (χ1v) is 6.68. The molecule has 19 heavy (non-hydrogen) atoms. The maximum Gasteiger partial charge on any atom is 0.271 e. The van der Waals surface area contributed by atoms with Crippen LogP contribution in [0.25, 0.3) is 0 Å². The van der Waals surface area contributed by atoms with Crippen molar-refractivity contribution in [1.29, 1.82) is 0 Å². The van der Waals surface area contributed by atoms with Crippen molar-refractivity contribution in [3.63, 3.8) is 0 Å². The molecule has 1 aliphatic rings. The van der Waals surface area contributed by atoms with Crippen molar-refractivity contribution in [3.05, 3.63) is 18.2 Å². The van der Waals surface area contributed by atoms with Gasteiger partial charge in [-0.2, -0.15) is 0 Å². The van der Waals surface area contributed by atoms with E-state index in [2.05, 4.69) is 0 Å². The predicted octanol–water partition coefficient (Wildman–Crippen LogP) is 1.51. The number of rotatable bonds is 4. The highest BCUT2D eigenvalue weighted by molar-refractivity contribution is 6.03. The molecule has 0 atom stereocenters. The van der Waals surface area contributed by atoms with E-state index in [1.807, 2.05) is 19.9 Å². The second kappa shape index (κ2) is 5.09. The maximum absolute atomic E-state index is 12.7. The van der Waals surface area contributed by atoms with E-state index < -0.39 is 5.60 Å². The van der Waals surface area contributed by atoms with Crippen LogP contribution < -0.4 is 21.1 Å². The number of nitrogens with two attached hydrogens (primary N) is 2. The van der Waals surface area contributed by atoms with Gasteiger partial charge in [-0.3, -0.25) is 4.79 Å². The Kier molecular flexibility index (Phi) is 3.66.